The van der Waals surface area contributed by atoms with Crippen molar-refractivity contribution >= 4 is 34.7 Å². The molecular weight excluding hydrogens is 402 g/mol. The molecule has 8 heteroatoms. The van der Waals surface area contributed by atoms with Crippen molar-refractivity contribution in [3.05, 3.63) is 83.2 Å². The summed E-state index contributed by atoms with van der Waals surface area (Å²) < 4.78 is 1.44. The number of nitrogens with zero attached hydrogens (tertiary/aromatic N) is 3. The van der Waals surface area contributed by atoms with Crippen LogP contribution in [-0.2, 0) is 4.79 Å². The molecule has 4 rings (SSSR count). The molecule has 0 fully saturated rings. The molecule has 2 aromatic carbocycles. The number of benzene rings is 2. The number of carbonyl (C=O) groups is 1. The van der Waals surface area contributed by atoms with Crippen LogP contribution >= 0.6 is 23.1 Å². The molecule has 146 valence electrons. The van der Waals surface area contributed by atoms with Gasteiger partial charge in [0.15, 0.2) is 5.82 Å². The predicted octanol–water partition coefficient (Wildman–Crippen LogP) is 4.50. The highest BCUT2D eigenvalue weighted by Crippen LogP contribution is 2.36. The molecule has 0 bridgehead atoms. The van der Waals surface area contributed by atoms with Crippen LogP contribution in [0.3, 0.4) is 0 Å². The lowest BCUT2D eigenvalue weighted by Gasteiger charge is -2.16. The molecule has 3 N–H and O–H groups in total. The summed E-state index contributed by atoms with van der Waals surface area (Å²) in [5, 5.41) is 13.3. The van der Waals surface area contributed by atoms with Crippen LogP contribution < -0.4 is 11.2 Å². The Morgan fingerprint density at radius 2 is 1.83 bits per heavy atom. The van der Waals surface area contributed by atoms with Gasteiger partial charge >= 0.3 is 0 Å². The number of rotatable bonds is 6. The van der Waals surface area contributed by atoms with Crippen molar-refractivity contribution in [2.45, 2.75) is 17.3 Å². The Kier molecular flexibility index (Phi) is 5.64. The van der Waals surface area contributed by atoms with Crippen molar-refractivity contribution in [2.75, 3.05) is 11.2 Å². The molecule has 0 saturated heterocycles. The number of nitrogens with two attached hydrogens (primary N) is 1. The second-order valence-corrected chi connectivity index (χ2v) is 8.44. The third-order valence-corrected chi connectivity index (χ3v) is 6.37. The number of amides is 1. The number of carbonyl (C=O) groups excluding carboxylic acids is 1. The number of hydrogen-bond donors (Lipinski definition) is 2. The van der Waals surface area contributed by atoms with Crippen LogP contribution in [0, 0.1) is 6.92 Å². The Labute approximate surface area is 176 Å². The lowest BCUT2D eigenvalue weighted by molar-refractivity contribution is -0.115. The highest BCUT2D eigenvalue weighted by molar-refractivity contribution is 8.00. The normalized spacial score (nSPS) is 11.9. The Balaban J connectivity index is 1.61. The molecule has 4 aromatic rings. The first-order valence-electron chi connectivity index (χ1n) is 8.95. The van der Waals surface area contributed by atoms with E-state index in [1.54, 1.807) is 0 Å². The molecule has 0 aliphatic rings. The van der Waals surface area contributed by atoms with E-state index < -0.39 is 5.25 Å². The first kappa shape index (κ1) is 19.2. The zero-order valence-corrected chi connectivity index (χ0v) is 17.3. The van der Waals surface area contributed by atoms with E-state index in [-0.39, 0.29) is 5.91 Å². The van der Waals surface area contributed by atoms with Gasteiger partial charge in [0.2, 0.25) is 11.1 Å². The highest BCUT2D eigenvalue weighted by Gasteiger charge is 2.26. The fourth-order valence-electron chi connectivity index (χ4n) is 2.78. The summed E-state index contributed by atoms with van der Waals surface area (Å²) in [6, 6.07) is 21.2. The smallest absolute Gasteiger partial charge is 0.242 e. The summed E-state index contributed by atoms with van der Waals surface area (Å²) in [6.45, 7) is 2.01. The van der Waals surface area contributed by atoms with Gasteiger partial charge in [-0.05, 0) is 36.1 Å². The van der Waals surface area contributed by atoms with E-state index >= 15 is 0 Å². The van der Waals surface area contributed by atoms with Crippen molar-refractivity contribution in [1.29, 1.82) is 0 Å². The van der Waals surface area contributed by atoms with E-state index in [0.717, 1.165) is 21.7 Å². The van der Waals surface area contributed by atoms with Crippen LogP contribution in [0.2, 0.25) is 0 Å². The summed E-state index contributed by atoms with van der Waals surface area (Å²) in [7, 11) is 0. The Hall–Kier alpha value is -3.10. The maximum absolute atomic E-state index is 13.1. The third-order valence-electron chi connectivity index (χ3n) is 4.29. The molecule has 2 aromatic heterocycles. The first-order chi connectivity index (χ1) is 14.1. The summed E-state index contributed by atoms with van der Waals surface area (Å²) >= 11 is 2.81. The van der Waals surface area contributed by atoms with Gasteiger partial charge in [0, 0.05) is 5.69 Å². The zero-order valence-electron chi connectivity index (χ0n) is 15.6. The summed E-state index contributed by atoms with van der Waals surface area (Å²) in [4.78, 5) is 14.0. The first-order valence-corrected chi connectivity index (χ1v) is 10.7. The summed E-state index contributed by atoms with van der Waals surface area (Å²) in [5.41, 5.74) is 2.74. The summed E-state index contributed by atoms with van der Waals surface area (Å²) in [6.07, 6.45) is 0. The van der Waals surface area contributed by atoms with Gasteiger partial charge in [0.1, 0.15) is 5.25 Å². The number of nitrogen functional groups attached to an aromatic ring is 1. The number of aromatic nitrogens is 3. The van der Waals surface area contributed by atoms with E-state index in [2.05, 4.69) is 15.5 Å². The van der Waals surface area contributed by atoms with Gasteiger partial charge in [-0.25, -0.2) is 4.68 Å². The maximum Gasteiger partial charge on any atom is 0.242 e. The van der Waals surface area contributed by atoms with Crippen molar-refractivity contribution in [3.63, 3.8) is 0 Å². The van der Waals surface area contributed by atoms with Gasteiger partial charge < -0.3 is 11.2 Å². The van der Waals surface area contributed by atoms with Crippen LogP contribution in [0.1, 0.15) is 16.4 Å². The van der Waals surface area contributed by atoms with E-state index in [4.69, 9.17) is 5.84 Å². The Bertz CT molecular complexity index is 1090. The number of hydrogen-bond acceptors (Lipinski definition) is 6. The minimum atomic E-state index is -0.528. The van der Waals surface area contributed by atoms with Crippen LogP contribution in [0.25, 0.3) is 10.7 Å². The lowest BCUT2D eigenvalue weighted by Crippen LogP contribution is -2.20. The number of anilines is 1. The SMILES string of the molecule is Cc1ccc(NC(=O)[C@H](Sc2nnc(-c3cccs3)n2N)c2ccccc2)cc1. The average Bonchev–Trinajstić information content (AvgIpc) is 3.38. The van der Waals surface area contributed by atoms with Crippen LogP contribution in [0.5, 0.6) is 0 Å². The van der Waals surface area contributed by atoms with Crippen molar-refractivity contribution in [3.8, 4) is 10.7 Å². The van der Waals surface area contributed by atoms with Gasteiger partial charge in [-0.2, -0.15) is 0 Å². The zero-order chi connectivity index (χ0) is 20.2. The second kappa shape index (κ2) is 8.50. The molecular formula is C21H19N5OS2. The third kappa shape index (κ3) is 4.33. The highest BCUT2D eigenvalue weighted by atomic mass is 32.2. The predicted molar refractivity (Wildman–Crippen MR) is 118 cm³/mol. The van der Waals surface area contributed by atoms with E-state index in [1.165, 1.54) is 27.8 Å². The molecule has 0 aliphatic heterocycles. The minimum Gasteiger partial charge on any atom is -0.335 e. The molecule has 6 nitrogen and oxygen atoms in total. The molecule has 29 heavy (non-hydrogen) atoms. The number of aryl methyl sites for hydroxylation is 1. The second-order valence-electron chi connectivity index (χ2n) is 6.42. The topological polar surface area (TPSA) is 85.8 Å². The van der Waals surface area contributed by atoms with Crippen LogP contribution in [0.15, 0.2) is 77.3 Å². The monoisotopic (exact) mass is 421 g/mol. The van der Waals surface area contributed by atoms with Crippen molar-refractivity contribution < 1.29 is 4.79 Å². The van der Waals surface area contributed by atoms with Gasteiger partial charge in [0.25, 0.3) is 0 Å². The molecule has 1 atom stereocenters. The van der Waals surface area contributed by atoms with Gasteiger partial charge in [0.05, 0.1) is 4.88 Å². The summed E-state index contributed by atoms with van der Waals surface area (Å²) in [5.74, 6) is 6.67. The lowest BCUT2D eigenvalue weighted by atomic mass is 10.1. The molecule has 2 heterocycles. The Morgan fingerprint density at radius 1 is 1.07 bits per heavy atom. The van der Waals surface area contributed by atoms with E-state index in [1.807, 2.05) is 79.0 Å². The van der Waals surface area contributed by atoms with Crippen LogP contribution in [0.4, 0.5) is 5.69 Å². The largest absolute Gasteiger partial charge is 0.335 e. The van der Waals surface area contributed by atoms with E-state index in [9.17, 15) is 4.79 Å². The minimum absolute atomic E-state index is 0.147. The fraction of sp³-hybridized carbons (Fsp3) is 0.0952. The average molecular weight is 422 g/mol. The van der Waals surface area contributed by atoms with Gasteiger partial charge in [-0.3, -0.25) is 4.79 Å². The van der Waals surface area contributed by atoms with Gasteiger partial charge in [-0.1, -0.05) is 65.9 Å². The van der Waals surface area contributed by atoms with E-state index in [0.29, 0.717) is 11.0 Å². The fourth-order valence-corrected chi connectivity index (χ4v) is 4.45. The standard InChI is InChI=1S/C21H19N5OS2/c1-14-9-11-16(12-10-14)23-20(27)18(15-6-3-2-4-7-15)29-21-25-24-19(26(21)22)17-8-5-13-28-17/h2-13,18H,22H2,1H3,(H,23,27)/t18-/m1/s1. The molecule has 0 aliphatic carbocycles. The van der Waals surface area contributed by atoms with Crippen molar-refractivity contribution in [1.82, 2.24) is 14.9 Å². The Morgan fingerprint density at radius 3 is 2.52 bits per heavy atom. The molecule has 0 saturated carbocycles. The van der Waals surface area contributed by atoms with Gasteiger partial charge in [-0.15, -0.1) is 21.5 Å². The van der Waals surface area contributed by atoms with Crippen LogP contribution in [-0.4, -0.2) is 20.8 Å². The molecule has 0 radical (unpaired) electrons. The molecule has 0 unspecified atom stereocenters. The number of nitrogens with one attached hydrogen (secondary N) is 1. The molecule has 1 amide bonds. The number of thioether (sulfide) groups is 1. The number of thiophene rings is 1. The quantitative estimate of drug-likeness (QED) is 0.354. The van der Waals surface area contributed by atoms with Crippen molar-refractivity contribution in [2.24, 2.45) is 0 Å². The molecule has 0 spiro atoms. The maximum atomic E-state index is 13.1.